The first-order valence-electron chi connectivity index (χ1n) is 4.19. The largest absolute Gasteiger partial charge is 0.295 e. The highest BCUT2D eigenvalue weighted by molar-refractivity contribution is 7.15. The van der Waals surface area contributed by atoms with E-state index in [4.69, 9.17) is 0 Å². The Hall–Kier alpha value is -0.910. The lowest BCUT2D eigenvalue weighted by atomic mass is 10.4. The Morgan fingerprint density at radius 2 is 2.21 bits per heavy atom. The molecule has 2 aromatic heterocycles. The van der Waals surface area contributed by atoms with Gasteiger partial charge in [-0.1, -0.05) is 6.07 Å². The molecular formula is C9H11N3S2. The predicted molar refractivity (Wildman–Crippen MR) is 62.7 cm³/mol. The molecule has 2 aromatic rings. The van der Waals surface area contributed by atoms with Crippen molar-refractivity contribution >= 4 is 27.8 Å². The molecule has 0 bridgehead atoms. The molecule has 3 nitrogen and oxygen atoms in total. The van der Waals surface area contributed by atoms with Crippen LogP contribution < -0.4 is 5.43 Å². The zero-order valence-corrected chi connectivity index (χ0v) is 9.65. The van der Waals surface area contributed by atoms with Crippen LogP contribution in [0.4, 0.5) is 5.13 Å². The normalized spacial score (nSPS) is 10.8. The van der Waals surface area contributed by atoms with Crippen LogP contribution >= 0.6 is 22.7 Å². The van der Waals surface area contributed by atoms with Gasteiger partial charge in [0.2, 0.25) is 0 Å². The van der Waals surface area contributed by atoms with Gasteiger partial charge in [-0.3, -0.25) is 5.43 Å². The Balaban J connectivity index is 2.18. The molecule has 0 atom stereocenters. The van der Waals surface area contributed by atoms with Crippen LogP contribution in [0.1, 0.15) is 0 Å². The van der Waals surface area contributed by atoms with E-state index in [1.165, 1.54) is 4.88 Å². The first kappa shape index (κ1) is 9.64. The molecule has 0 spiro atoms. The van der Waals surface area contributed by atoms with E-state index in [2.05, 4.69) is 27.2 Å². The maximum atomic E-state index is 4.47. The average Bonchev–Trinajstić information content (AvgIpc) is 2.69. The van der Waals surface area contributed by atoms with Crippen LogP contribution in [-0.2, 0) is 0 Å². The average molecular weight is 225 g/mol. The number of aromatic nitrogens is 1. The minimum absolute atomic E-state index is 0.929. The molecular weight excluding hydrogens is 214 g/mol. The van der Waals surface area contributed by atoms with Gasteiger partial charge in [-0.25, -0.2) is 9.99 Å². The van der Waals surface area contributed by atoms with Crippen LogP contribution in [0.5, 0.6) is 0 Å². The Bertz CT molecular complexity index is 392. The Morgan fingerprint density at radius 3 is 2.86 bits per heavy atom. The fraction of sp³-hybridized carbons (Fsp3) is 0.222. The molecule has 5 heteroatoms. The van der Waals surface area contributed by atoms with Crippen LogP contribution in [0.3, 0.4) is 0 Å². The van der Waals surface area contributed by atoms with Gasteiger partial charge in [-0.05, 0) is 11.4 Å². The van der Waals surface area contributed by atoms with Crippen LogP contribution in [0, 0.1) is 0 Å². The molecule has 0 unspecified atom stereocenters. The second kappa shape index (κ2) is 4.08. The summed E-state index contributed by atoms with van der Waals surface area (Å²) in [6.07, 6.45) is 0. The van der Waals surface area contributed by atoms with Crippen molar-refractivity contribution in [3.63, 3.8) is 0 Å². The van der Waals surface area contributed by atoms with E-state index in [-0.39, 0.29) is 0 Å². The maximum Gasteiger partial charge on any atom is 0.197 e. The van der Waals surface area contributed by atoms with Crippen molar-refractivity contribution in [2.24, 2.45) is 0 Å². The zero-order valence-electron chi connectivity index (χ0n) is 8.02. The second-order valence-corrected chi connectivity index (χ2v) is 4.83. The van der Waals surface area contributed by atoms with Crippen molar-refractivity contribution in [2.45, 2.75) is 0 Å². The van der Waals surface area contributed by atoms with E-state index in [1.807, 2.05) is 25.2 Å². The number of thiophene rings is 1. The van der Waals surface area contributed by atoms with Crippen LogP contribution in [0.2, 0.25) is 0 Å². The number of hydrogen-bond donors (Lipinski definition) is 1. The predicted octanol–water partition coefficient (Wildman–Crippen LogP) is 2.76. The molecule has 0 saturated carbocycles. The van der Waals surface area contributed by atoms with Gasteiger partial charge in [0.1, 0.15) is 0 Å². The van der Waals surface area contributed by atoms with Crippen molar-refractivity contribution < 1.29 is 0 Å². The number of thiazole rings is 1. The number of rotatable bonds is 3. The van der Waals surface area contributed by atoms with Crippen molar-refractivity contribution in [1.82, 2.24) is 9.99 Å². The van der Waals surface area contributed by atoms with E-state index in [0.29, 0.717) is 0 Å². The number of nitrogens with zero attached hydrogens (tertiary/aromatic N) is 2. The van der Waals surface area contributed by atoms with Crippen molar-refractivity contribution in [3.05, 3.63) is 22.9 Å². The lowest BCUT2D eigenvalue weighted by molar-refractivity contribution is 0.495. The molecule has 0 amide bonds. The molecule has 14 heavy (non-hydrogen) atoms. The highest BCUT2D eigenvalue weighted by Crippen LogP contribution is 2.28. The van der Waals surface area contributed by atoms with E-state index < -0.39 is 0 Å². The number of hydrazine groups is 1. The quantitative estimate of drug-likeness (QED) is 0.814. The minimum atomic E-state index is 0.929. The third-order valence-corrected chi connectivity index (χ3v) is 3.24. The number of hydrogen-bond acceptors (Lipinski definition) is 5. The topological polar surface area (TPSA) is 28.2 Å². The van der Waals surface area contributed by atoms with Crippen LogP contribution in [0.15, 0.2) is 22.9 Å². The first-order valence-corrected chi connectivity index (χ1v) is 5.95. The smallest absolute Gasteiger partial charge is 0.197 e. The minimum Gasteiger partial charge on any atom is -0.295 e. The first-order chi connectivity index (χ1) is 6.75. The van der Waals surface area contributed by atoms with Gasteiger partial charge in [-0.15, -0.1) is 22.7 Å². The molecule has 0 aliphatic rings. The molecule has 0 aromatic carbocycles. The Morgan fingerprint density at radius 1 is 1.36 bits per heavy atom. The maximum absolute atomic E-state index is 4.47. The molecule has 74 valence electrons. The molecule has 0 aliphatic heterocycles. The summed E-state index contributed by atoms with van der Waals surface area (Å²) in [4.78, 5) is 5.68. The molecule has 2 heterocycles. The van der Waals surface area contributed by atoms with Gasteiger partial charge >= 0.3 is 0 Å². The second-order valence-electron chi connectivity index (χ2n) is 3.02. The van der Waals surface area contributed by atoms with Crippen LogP contribution in [-0.4, -0.2) is 24.1 Å². The summed E-state index contributed by atoms with van der Waals surface area (Å²) in [5.74, 6) is 0. The summed E-state index contributed by atoms with van der Waals surface area (Å²) in [5, 5.41) is 6.95. The summed E-state index contributed by atoms with van der Waals surface area (Å²) in [6.45, 7) is 0. The molecule has 0 saturated heterocycles. The molecule has 0 radical (unpaired) electrons. The zero-order chi connectivity index (χ0) is 9.97. The lowest BCUT2D eigenvalue weighted by Crippen LogP contribution is -2.19. The molecule has 0 fully saturated rings. The molecule has 2 rings (SSSR count). The molecule has 0 aliphatic carbocycles. The van der Waals surface area contributed by atoms with Crippen molar-refractivity contribution in [1.29, 1.82) is 0 Å². The summed E-state index contributed by atoms with van der Waals surface area (Å²) in [7, 11) is 3.90. The van der Waals surface area contributed by atoms with E-state index in [0.717, 1.165) is 10.8 Å². The fourth-order valence-corrected chi connectivity index (χ4v) is 2.60. The third-order valence-electron chi connectivity index (χ3n) is 1.60. The third kappa shape index (κ3) is 2.12. The van der Waals surface area contributed by atoms with Gasteiger partial charge in [0.15, 0.2) is 5.13 Å². The van der Waals surface area contributed by atoms with Crippen molar-refractivity contribution in [3.8, 4) is 10.6 Å². The summed E-state index contributed by atoms with van der Waals surface area (Å²) >= 11 is 3.33. The lowest BCUT2D eigenvalue weighted by Gasteiger charge is -2.08. The van der Waals surface area contributed by atoms with E-state index in [1.54, 1.807) is 22.7 Å². The highest BCUT2D eigenvalue weighted by Gasteiger charge is 2.04. The van der Waals surface area contributed by atoms with Gasteiger partial charge in [-0.2, -0.15) is 0 Å². The number of nitrogens with one attached hydrogen (secondary N) is 1. The highest BCUT2D eigenvalue weighted by atomic mass is 32.1. The van der Waals surface area contributed by atoms with Crippen molar-refractivity contribution in [2.75, 3.05) is 19.5 Å². The number of anilines is 1. The standard InChI is InChI=1S/C9H11N3S2/c1-12(2)11-9-10-7(6-14-9)8-4-3-5-13-8/h3-6H,1-2H3,(H,10,11). The fourth-order valence-electron chi connectivity index (χ4n) is 1.05. The van der Waals surface area contributed by atoms with Gasteiger partial charge in [0.25, 0.3) is 0 Å². The summed E-state index contributed by atoms with van der Waals surface area (Å²) in [6, 6.07) is 4.12. The Kier molecular flexibility index (Phi) is 2.81. The van der Waals surface area contributed by atoms with E-state index >= 15 is 0 Å². The summed E-state index contributed by atoms with van der Waals surface area (Å²) < 4.78 is 0. The van der Waals surface area contributed by atoms with Crippen LogP contribution in [0.25, 0.3) is 10.6 Å². The van der Waals surface area contributed by atoms with Gasteiger partial charge in [0.05, 0.1) is 10.6 Å². The summed E-state index contributed by atoms with van der Waals surface area (Å²) in [5.41, 5.74) is 4.18. The Labute approximate surface area is 91.0 Å². The SMILES string of the molecule is CN(C)Nc1nc(-c2cccs2)cs1. The van der Waals surface area contributed by atoms with E-state index in [9.17, 15) is 0 Å². The van der Waals surface area contributed by atoms with Gasteiger partial charge in [0, 0.05) is 19.5 Å². The molecule has 1 N–H and O–H groups in total. The van der Waals surface area contributed by atoms with Gasteiger partial charge < -0.3 is 0 Å². The monoisotopic (exact) mass is 225 g/mol.